The van der Waals surface area contributed by atoms with E-state index in [4.69, 9.17) is 5.11 Å². The van der Waals surface area contributed by atoms with Crippen LogP contribution in [0.25, 0.3) is 0 Å². The number of carboxylic acids is 1. The van der Waals surface area contributed by atoms with Gasteiger partial charge in [-0.3, -0.25) is 9.69 Å². The summed E-state index contributed by atoms with van der Waals surface area (Å²) in [5.41, 5.74) is 1.80. The summed E-state index contributed by atoms with van der Waals surface area (Å²) in [6.07, 6.45) is 0. The molecule has 2 N–H and O–H groups in total. The first-order valence-corrected chi connectivity index (χ1v) is 5.83. The van der Waals surface area contributed by atoms with E-state index in [0.29, 0.717) is 6.54 Å². The highest BCUT2D eigenvalue weighted by atomic mass is 16.4. The van der Waals surface area contributed by atoms with E-state index in [2.05, 4.69) is 5.32 Å². The van der Waals surface area contributed by atoms with E-state index in [1.807, 2.05) is 38.1 Å². The number of hydrogen-bond donors (Lipinski definition) is 2. The van der Waals surface area contributed by atoms with E-state index in [-0.39, 0.29) is 0 Å². The van der Waals surface area contributed by atoms with Crippen molar-refractivity contribution in [2.24, 2.45) is 0 Å². The maximum absolute atomic E-state index is 12.0. The van der Waals surface area contributed by atoms with Crippen LogP contribution in [0.4, 0.5) is 10.5 Å². The number of aryl methyl sites for hydroxylation is 1. The lowest BCUT2D eigenvalue weighted by atomic mass is 10.2. The number of carbonyl (C=O) groups is 2. The van der Waals surface area contributed by atoms with Crippen LogP contribution >= 0.6 is 0 Å². The number of rotatable bonds is 4. The van der Waals surface area contributed by atoms with Crippen LogP contribution in [0.1, 0.15) is 19.4 Å². The normalized spacial score (nSPS) is 11.7. The van der Waals surface area contributed by atoms with Crippen molar-refractivity contribution in [3.63, 3.8) is 0 Å². The van der Waals surface area contributed by atoms with Gasteiger partial charge in [-0.05, 0) is 38.5 Å². The Kier molecular flexibility index (Phi) is 4.71. The first-order valence-electron chi connectivity index (χ1n) is 5.83. The van der Waals surface area contributed by atoms with Gasteiger partial charge in [-0.25, -0.2) is 4.79 Å². The monoisotopic (exact) mass is 250 g/mol. The van der Waals surface area contributed by atoms with Gasteiger partial charge in [-0.15, -0.1) is 0 Å². The Bertz CT molecular complexity index is 446. The number of anilines is 1. The van der Waals surface area contributed by atoms with Crippen LogP contribution in [-0.2, 0) is 4.79 Å². The zero-order chi connectivity index (χ0) is 13.7. The summed E-state index contributed by atoms with van der Waals surface area (Å²) in [5, 5.41) is 11.2. The van der Waals surface area contributed by atoms with Crippen molar-refractivity contribution >= 4 is 17.7 Å². The van der Waals surface area contributed by atoms with Gasteiger partial charge in [0.05, 0.1) is 0 Å². The third-order valence-electron chi connectivity index (χ3n) is 2.59. The van der Waals surface area contributed by atoms with Crippen LogP contribution < -0.4 is 10.2 Å². The number of carboxylic acid groups (broad SMARTS) is 1. The second-order valence-corrected chi connectivity index (χ2v) is 4.09. The Morgan fingerprint density at radius 3 is 2.61 bits per heavy atom. The van der Waals surface area contributed by atoms with Crippen LogP contribution in [-0.4, -0.2) is 29.7 Å². The van der Waals surface area contributed by atoms with Gasteiger partial charge in [-0.1, -0.05) is 12.1 Å². The molecule has 0 heterocycles. The van der Waals surface area contributed by atoms with E-state index in [1.54, 1.807) is 0 Å². The minimum atomic E-state index is -1.05. The average Bonchev–Trinajstić information content (AvgIpc) is 2.29. The Morgan fingerprint density at radius 1 is 1.44 bits per heavy atom. The molecule has 5 heteroatoms. The predicted molar refractivity (Wildman–Crippen MR) is 69.8 cm³/mol. The first kappa shape index (κ1) is 14.0. The molecule has 98 valence electrons. The Balaban J connectivity index is 2.83. The summed E-state index contributed by atoms with van der Waals surface area (Å²) in [6.45, 7) is 5.69. The van der Waals surface area contributed by atoms with Crippen molar-refractivity contribution in [1.82, 2.24) is 5.32 Å². The lowest BCUT2D eigenvalue weighted by Gasteiger charge is -2.23. The number of carbonyl (C=O) groups excluding carboxylic acids is 1. The van der Waals surface area contributed by atoms with Gasteiger partial charge in [-0.2, -0.15) is 0 Å². The molecule has 0 saturated heterocycles. The van der Waals surface area contributed by atoms with E-state index in [9.17, 15) is 9.59 Å². The summed E-state index contributed by atoms with van der Waals surface area (Å²) in [4.78, 5) is 24.2. The molecule has 2 amide bonds. The van der Waals surface area contributed by atoms with Gasteiger partial charge in [0.25, 0.3) is 0 Å². The highest BCUT2D eigenvalue weighted by Crippen LogP contribution is 2.15. The second-order valence-electron chi connectivity index (χ2n) is 4.09. The molecule has 0 aliphatic heterocycles. The molecule has 0 radical (unpaired) electrons. The fraction of sp³-hybridized carbons (Fsp3) is 0.385. The van der Waals surface area contributed by atoms with Crippen LogP contribution in [0, 0.1) is 6.92 Å². The molecule has 1 aromatic carbocycles. The van der Waals surface area contributed by atoms with E-state index in [0.717, 1.165) is 11.3 Å². The minimum absolute atomic E-state index is 0.405. The molecule has 1 unspecified atom stereocenters. The van der Waals surface area contributed by atoms with Crippen LogP contribution in [0.5, 0.6) is 0 Å². The van der Waals surface area contributed by atoms with Crippen LogP contribution in [0.2, 0.25) is 0 Å². The molecule has 1 rings (SSSR count). The Labute approximate surface area is 106 Å². The summed E-state index contributed by atoms with van der Waals surface area (Å²) in [6, 6.07) is 6.20. The SMILES string of the molecule is CCN(C(=O)NC(C)C(=O)O)c1cccc(C)c1. The average molecular weight is 250 g/mol. The highest BCUT2D eigenvalue weighted by molar-refractivity contribution is 5.94. The zero-order valence-corrected chi connectivity index (χ0v) is 10.8. The Hall–Kier alpha value is -2.04. The summed E-state index contributed by atoms with van der Waals surface area (Å²) >= 11 is 0. The molecule has 0 aliphatic rings. The largest absolute Gasteiger partial charge is 0.480 e. The lowest BCUT2D eigenvalue weighted by molar-refractivity contribution is -0.138. The molecule has 1 atom stereocenters. The Morgan fingerprint density at radius 2 is 2.11 bits per heavy atom. The topological polar surface area (TPSA) is 69.6 Å². The van der Waals surface area contributed by atoms with Gasteiger partial charge in [0.15, 0.2) is 0 Å². The lowest BCUT2D eigenvalue weighted by Crippen LogP contribution is -2.46. The molecule has 0 bridgehead atoms. The second kappa shape index (κ2) is 6.05. The van der Waals surface area contributed by atoms with Crippen molar-refractivity contribution in [2.45, 2.75) is 26.8 Å². The fourth-order valence-corrected chi connectivity index (χ4v) is 1.56. The van der Waals surface area contributed by atoms with E-state index < -0.39 is 18.0 Å². The van der Waals surface area contributed by atoms with Crippen LogP contribution in [0.15, 0.2) is 24.3 Å². The molecular weight excluding hydrogens is 232 g/mol. The van der Waals surface area contributed by atoms with Crippen molar-refractivity contribution in [3.05, 3.63) is 29.8 Å². The van der Waals surface area contributed by atoms with Crippen molar-refractivity contribution < 1.29 is 14.7 Å². The van der Waals surface area contributed by atoms with Gasteiger partial charge in [0, 0.05) is 12.2 Å². The zero-order valence-electron chi connectivity index (χ0n) is 10.8. The number of urea groups is 1. The molecule has 0 aliphatic carbocycles. The summed E-state index contributed by atoms with van der Waals surface area (Å²) < 4.78 is 0. The van der Waals surface area contributed by atoms with Crippen molar-refractivity contribution in [1.29, 1.82) is 0 Å². The number of benzene rings is 1. The maximum Gasteiger partial charge on any atom is 0.325 e. The molecule has 0 aromatic heterocycles. The van der Waals surface area contributed by atoms with E-state index in [1.165, 1.54) is 11.8 Å². The van der Waals surface area contributed by atoms with Crippen molar-refractivity contribution in [2.75, 3.05) is 11.4 Å². The molecule has 18 heavy (non-hydrogen) atoms. The van der Waals surface area contributed by atoms with Gasteiger partial charge in [0.2, 0.25) is 0 Å². The minimum Gasteiger partial charge on any atom is -0.480 e. The standard InChI is InChI=1S/C13H18N2O3/c1-4-15(11-7-5-6-9(2)8-11)13(18)14-10(3)12(16)17/h5-8,10H,4H2,1-3H3,(H,14,18)(H,16,17). The van der Waals surface area contributed by atoms with Gasteiger partial charge < -0.3 is 10.4 Å². The maximum atomic E-state index is 12.0. The van der Waals surface area contributed by atoms with E-state index >= 15 is 0 Å². The predicted octanol–water partition coefficient (Wildman–Crippen LogP) is 2.00. The van der Waals surface area contributed by atoms with Gasteiger partial charge >= 0.3 is 12.0 Å². The highest BCUT2D eigenvalue weighted by Gasteiger charge is 2.19. The fourth-order valence-electron chi connectivity index (χ4n) is 1.56. The number of amides is 2. The number of aliphatic carboxylic acids is 1. The quantitative estimate of drug-likeness (QED) is 0.858. The summed E-state index contributed by atoms with van der Waals surface area (Å²) in [5.74, 6) is -1.05. The molecule has 5 nitrogen and oxygen atoms in total. The third kappa shape index (κ3) is 3.48. The number of nitrogens with zero attached hydrogens (tertiary/aromatic N) is 1. The third-order valence-corrected chi connectivity index (χ3v) is 2.59. The molecule has 1 aromatic rings. The number of nitrogens with one attached hydrogen (secondary N) is 1. The van der Waals surface area contributed by atoms with Gasteiger partial charge in [0.1, 0.15) is 6.04 Å². The van der Waals surface area contributed by atoms with Crippen molar-refractivity contribution in [3.8, 4) is 0 Å². The smallest absolute Gasteiger partial charge is 0.325 e. The number of hydrogen-bond acceptors (Lipinski definition) is 2. The molecular formula is C13H18N2O3. The first-order chi connectivity index (χ1) is 8.45. The van der Waals surface area contributed by atoms with Crippen LogP contribution in [0.3, 0.4) is 0 Å². The molecule has 0 spiro atoms. The molecule has 0 fully saturated rings. The summed E-state index contributed by atoms with van der Waals surface area (Å²) in [7, 11) is 0. The molecule has 0 saturated carbocycles.